The van der Waals surface area contributed by atoms with Gasteiger partial charge in [0.15, 0.2) is 5.78 Å². The van der Waals surface area contributed by atoms with Crippen molar-refractivity contribution in [1.82, 2.24) is 9.55 Å². The van der Waals surface area contributed by atoms with E-state index >= 15 is 0 Å². The van der Waals surface area contributed by atoms with Crippen molar-refractivity contribution in [3.8, 4) is 5.69 Å². The molecular weight excluding hydrogens is 402 g/mol. The van der Waals surface area contributed by atoms with Crippen molar-refractivity contribution in [2.75, 3.05) is 5.32 Å². The minimum Gasteiger partial charge on any atom is -0.322 e. The topological polar surface area (TPSA) is 81.1 Å². The van der Waals surface area contributed by atoms with Crippen LogP contribution in [0.4, 0.5) is 5.69 Å². The lowest BCUT2D eigenvalue weighted by molar-refractivity contribution is 0.101. The van der Waals surface area contributed by atoms with Gasteiger partial charge in [0.25, 0.3) is 11.5 Å². The lowest BCUT2D eigenvalue weighted by Gasteiger charge is -2.09. The molecule has 0 radical (unpaired) electrons. The molecule has 148 valence electrons. The van der Waals surface area contributed by atoms with Crippen molar-refractivity contribution >= 4 is 39.9 Å². The van der Waals surface area contributed by atoms with Crippen molar-refractivity contribution < 1.29 is 9.59 Å². The Morgan fingerprint density at radius 1 is 0.967 bits per heavy atom. The summed E-state index contributed by atoms with van der Waals surface area (Å²) in [5.41, 5.74) is 2.12. The average molecular weight is 418 g/mol. The molecule has 1 aromatic heterocycles. The number of anilines is 1. The maximum atomic E-state index is 12.9. The van der Waals surface area contributed by atoms with Crippen molar-refractivity contribution in [2.45, 2.75) is 6.92 Å². The SMILES string of the molecule is CC(=O)c1cccc(NC(=O)c2ccc3c(=O)n(-c4cccc(Cl)c4)cnc3c2)c1. The van der Waals surface area contributed by atoms with Gasteiger partial charge in [-0.15, -0.1) is 0 Å². The maximum absolute atomic E-state index is 12.9. The monoisotopic (exact) mass is 417 g/mol. The summed E-state index contributed by atoms with van der Waals surface area (Å²) >= 11 is 6.02. The Balaban J connectivity index is 1.66. The number of ketones is 1. The van der Waals surface area contributed by atoms with E-state index in [4.69, 9.17) is 11.6 Å². The smallest absolute Gasteiger partial charge is 0.265 e. The fraction of sp³-hybridized carbons (Fsp3) is 0.0435. The summed E-state index contributed by atoms with van der Waals surface area (Å²) in [5, 5.41) is 3.66. The summed E-state index contributed by atoms with van der Waals surface area (Å²) in [6.07, 6.45) is 1.41. The van der Waals surface area contributed by atoms with Gasteiger partial charge in [0, 0.05) is 21.8 Å². The predicted octanol–water partition coefficient (Wildman–Crippen LogP) is 4.49. The number of hydrogen-bond donors (Lipinski definition) is 1. The zero-order chi connectivity index (χ0) is 21.3. The normalized spacial score (nSPS) is 10.7. The Bertz CT molecular complexity index is 1360. The summed E-state index contributed by atoms with van der Waals surface area (Å²) in [4.78, 5) is 41.3. The molecule has 0 bridgehead atoms. The Hall–Kier alpha value is -3.77. The van der Waals surface area contributed by atoms with Crippen LogP contribution in [0.5, 0.6) is 0 Å². The molecule has 0 spiro atoms. The molecule has 0 unspecified atom stereocenters. The van der Waals surface area contributed by atoms with Crippen LogP contribution in [0.1, 0.15) is 27.6 Å². The molecule has 0 aliphatic carbocycles. The summed E-state index contributed by atoms with van der Waals surface area (Å²) in [6.45, 7) is 1.46. The lowest BCUT2D eigenvalue weighted by atomic mass is 10.1. The molecule has 0 atom stereocenters. The fourth-order valence-electron chi connectivity index (χ4n) is 3.09. The first-order valence-electron chi connectivity index (χ1n) is 9.12. The second-order valence-corrected chi connectivity index (χ2v) is 7.16. The molecule has 6 nitrogen and oxygen atoms in total. The van der Waals surface area contributed by atoms with E-state index in [0.717, 1.165) is 0 Å². The highest BCUT2D eigenvalue weighted by atomic mass is 35.5. The van der Waals surface area contributed by atoms with E-state index in [9.17, 15) is 14.4 Å². The van der Waals surface area contributed by atoms with Crippen LogP contribution in [0.3, 0.4) is 0 Å². The van der Waals surface area contributed by atoms with Crippen LogP contribution in [0.15, 0.2) is 77.9 Å². The molecule has 30 heavy (non-hydrogen) atoms. The van der Waals surface area contributed by atoms with Crippen LogP contribution in [0.25, 0.3) is 16.6 Å². The number of carbonyl (C=O) groups is 2. The van der Waals surface area contributed by atoms with Crippen molar-refractivity contribution in [3.63, 3.8) is 0 Å². The van der Waals surface area contributed by atoms with Crippen LogP contribution < -0.4 is 10.9 Å². The molecule has 4 aromatic rings. The van der Waals surface area contributed by atoms with E-state index in [1.807, 2.05) is 0 Å². The van der Waals surface area contributed by atoms with Crippen molar-refractivity contribution in [3.05, 3.63) is 99.6 Å². The van der Waals surface area contributed by atoms with Gasteiger partial charge in [-0.05, 0) is 55.5 Å². The molecule has 0 saturated carbocycles. The number of benzene rings is 3. The minimum absolute atomic E-state index is 0.0861. The first-order chi connectivity index (χ1) is 14.4. The quantitative estimate of drug-likeness (QED) is 0.496. The number of nitrogens with zero attached hydrogens (tertiary/aromatic N) is 2. The molecule has 0 aliphatic heterocycles. The largest absolute Gasteiger partial charge is 0.322 e. The molecule has 4 rings (SSSR count). The van der Waals surface area contributed by atoms with Crippen molar-refractivity contribution in [2.24, 2.45) is 0 Å². The number of Topliss-reactive ketones (excluding diaryl/α,β-unsaturated/α-hetero) is 1. The van der Waals surface area contributed by atoms with Crippen LogP contribution in [0, 0.1) is 0 Å². The van der Waals surface area contributed by atoms with Crippen LogP contribution in [0.2, 0.25) is 5.02 Å². The number of carbonyl (C=O) groups excluding carboxylic acids is 2. The van der Waals surface area contributed by atoms with E-state index in [1.165, 1.54) is 17.8 Å². The predicted molar refractivity (Wildman–Crippen MR) is 117 cm³/mol. The van der Waals surface area contributed by atoms with Crippen LogP contribution >= 0.6 is 11.6 Å². The van der Waals surface area contributed by atoms with Gasteiger partial charge >= 0.3 is 0 Å². The Labute approximate surface area is 176 Å². The number of rotatable bonds is 4. The Kier molecular flexibility index (Phi) is 5.16. The highest BCUT2D eigenvalue weighted by Crippen LogP contribution is 2.17. The zero-order valence-electron chi connectivity index (χ0n) is 15.9. The number of fused-ring (bicyclic) bond motifs is 1. The molecule has 1 heterocycles. The molecule has 0 saturated heterocycles. The number of hydrogen-bond acceptors (Lipinski definition) is 4. The van der Waals surface area contributed by atoms with E-state index < -0.39 is 0 Å². The second kappa shape index (κ2) is 7.93. The molecule has 3 aromatic carbocycles. The second-order valence-electron chi connectivity index (χ2n) is 6.72. The number of nitrogens with one attached hydrogen (secondary N) is 1. The fourth-order valence-corrected chi connectivity index (χ4v) is 3.28. The van der Waals surface area contributed by atoms with Gasteiger partial charge in [0.05, 0.1) is 16.6 Å². The lowest BCUT2D eigenvalue weighted by Crippen LogP contribution is -2.19. The van der Waals surface area contributed by atoms with E-state index in [2.05, 4.69) is 10.3 Å². The van der Waals surface area contributed by atoms with Gasteiger partial charge in [-0.25, -0.2) is 4.98 Å². The molecular formula is C23H16ClN3O3. The van der Waals surface area contributed by atoms with Gasteiger partial charge < -0.3 is 5.32 Å². The summed E-state index contributed by atoms with van der Waals surface area (Å²) < 4.78 is 1.40. The molecule has 7 heteroatoms. The maximum Gasteiger partial charge on any atom is 0.265 e. The van der Waals surface area contributed by atoms with Gasteiger partial charge in [-0.3, -0.25) is 19.0 Å². The number of aromatic nitrogens is 2. The third-order valence-corrected chi connectivity index (χ3v) is 4.87. The first kappa shape index (κ1) is 19.5. The van der Waals surface area contributed by atoms with Gasteiger partial charge in [-0.1, -0.05) is 29.8 Å². The summed E-state index contributed by atoms with van der Waals surface area (Å²) in [7, 11) is 0. The third kappa shape index (κ3) is 3.86. The molecule has 1 amide bonds. The summed E-state index contributed by atoms with van der Waals surface area (Å²) in [5.74, 6) is -0.449. The minimum atomic E-state index is -0.363. The number of amides is 1. The van der Waals surface area contributed by atoms with E-state index in [0.29, 0.717) is 38.4 Å². The number of halogens is 1. The Morgan fingerprint density at radius 3 is 2.53 bits per heavy atom. The van der Waals surface area contributed by atoms with Crippen LogP contribution in [-0.2, 0) is 0 Å². The molecule has 0 fully saturated rings. The highest BCUT2D eigenvalue weighted by molar-refractivity contribution is 6.30. The van der Waals surface area contributed by atoms with Gasteiger partial charge in [0.1, 0.15) is 6.33 Å². The van der Waals surface area contributed by atoms with Gasteiger partial charge in [-0.2, -0.15) is 0 Å². The van der Waals surface area contributed by atoms with E-state index in [-0.39, 0.29) is 17.2 Å². The highest BCUT2D eigenvalue weighted by Gasteiger charge is 2.12. The Morgan fingerprint density at radius 2 is 1.77 bits per heavy atom. The average Bonchev–Trinajstić information content (AvgIpc) is 2.74. The zero-order valence-corrected chi connectivity index (χ0v) is 16.7. The third-order valence-electron chi connectivity index (χ3n) is 4.63. The van der Waals surface area contributed by atoms with Crippen LogP contribution in [-0.4, -0.2) is 21.2 Å². The first-order valence-corrected chi connectivity index (χ1v) is 9.50. The summed E-state index contributed by atoms with van der Waals surface area (Å²) in [6, 6.07) is 18.3. The van der Waals surface area contributed by atoms with Gasteiger partial charge in [0.2, 0.25) is 0 Å². The molecule has 1 N–H and O–H groups in total. The standard InChI is InChI=1S/C23H16ClN3O3/c1-14(28)15-4-2-6-18(10-15)26-22(29)16-8-9-20-21(11-16)25-13-27(23(20)30)19-7-3-5-17(24)12-19/h2-13H,1H3,(H,26,29). The molecule has 0 aliphatic rings. The van der Waals surface area contributed by atoms with Crippen molar-refractivity contribution in [1.29, 1.82) is 0 Å². The van der Waals surface area contributed by atoms with E-state index in [1.54, 1.807) is 66.7 Å².